The van der Waals surface area contributed by atoms with Crippen LogP contribution in [0.5, 0.6) is 0 Å². The molecule has 1 heterocycles. The van der Waals surface area contributed by atoms with Crippen molar-refractivity contribution in [3.05, 3.63) is 0 Å². The predicted molar refractivity (Wildman–Crippen MR) is 59.9 cm³/mol. The summed E-state index contributed by atoms with van der Waals surface area (Å²) in [5.41, 5.74) is 0. The van der Waals surface area contributed by atoms with E-state index in [1.807, 2.05) is 0 Å². The van der Waals surface area contributed by atoms with Crippen molar-refractivity contribution in [2.45, 2.75) is 39.2 Å². The molecule has 0 aromatic heterocycles. The van der Waals surface area contributed by atoms with Crippen LogP contribution in [0.3, 0.4) is 0 Å². The first-order valence-corrected chi connectivity index (χ1v) is 5.85. The molecule has 0 saturated carbocycles. The van der Waals surface area contributed by atoms with Gasteiger partial charge in [-0.2, -0.15) is 0 Å². The number of nitrogens with one attached hydrogen (secondary N) is 1. The van der Waals surface area contributed by atoms with Gasteiger partial charge >= 0.3 is 6.09 Å². The maximum atomic E-state index is 11.4. The molecule has 1 aliphatic rings. The van der Waals surface area contributed by atoms with Crippen LogP contribution in [0.4, 0.5) is 4.79 Å². The summed E-state index contributed by atoms with van der Waals surface area (Å²) in [7, 11) is 0. The van der Waals surface area contributed by atoms with Gasteiger partial charge in [-0.25, -0.2) is 4.79 Å². The second-order valence-electron chi connectivity index (χ2n) is 4.27. The molecule has 1 aliphatic heterocycles. The normalized spacial score (nSPS) is 16.1. The van der Waals surface area contributed by atoms with Crippen LogP contribution in [0.1, 0.15) is 33.1 Å². The molecule has 0 atom stereocenters. The molecule has 88 valence electrons. The van der Waals surface area contributed by atoms with Gasteiger partial charge < -0.3 is 15.0 Å². The van der Waals surface area contributed by atoms with Gasteiger partial charge in [-0.3, -0.25) is 0 Å². The van der Waals surface area contributed by atoms with Gasteiger partial charge in [0, 0.05) is 19.1 Å². The lowest BCUT2D eigenvalue weighted by atomic mass is 10.3. The first-order valence-electron chi connectivity index (χ1n) is 5.85. The minimum absolute atomic E-state index is 0.142. The highest BCUT2D eigenvalue weighted by atomic mass is 16.6. The van der Waals surface area contributed by atoms with Crippen molar-refractivity contribution in [2.24, 2.45) is 0 Å². The summed E-state index contributed by atoms with van der Waals surface area (Å²) < 4.78 is 5.15. The first-order chi connectivity index (χ1) is 7.20. The molecule has 0 aromatic carbocycles. The molecule has 1 amide bonds. The van der Waals surface area contributed by atoms with Gasteiger partial charge in [0.2, 0.25) is 0 Å². The number of carbonyl (C=O) groups is 1. The Bertz CT molecular complexity index is 189. The maximum Gasteiger partial charge on any atom is 0.409 e. The third kappa shape index (κ3) is 5.02. The minimum atomic E-state index is -0.142. The van der Waals surface area contributed by atoms with Crippen LogP contribution in [0.25, 0.3) is 0 Å². The summed E-state index contributed by atoms with van der Waals surface area (Å²) in [6.07, 6.45) is 2.98. The Labute approximate surface area is 92.0 Å². The van der Waals surface area contributed by atoms with Gasteiger partial charge in [0.1, 0.15) is 0 Å². The zero-order valence-corrected chi connectivity index (χ0v) is 9.79. The topological polar surface area (TPSA) is 41.6 Å². The molecule has 1 N–H and O–H groups in total. The average Bonchev–Trinajstić information content (AvgIpc) is 2.69. The summed E-state index contributed by atoms with van der Waals surface area (Å²) in [5, 5.41) is 3.28. The molecule has 0 aliphatic carbocycles. The predicted octanol–water partition coefficient (Wildman–Crippen LogP) is 1.61. The van der Waals surface area contributed by atoms with E-state index in [-0.39, 0.29) is 6.09 Å². The molecule has 0 radical (unpaired) electrons. The van der Waals surface area contributed by atoms with Gasteiger partial charge in [0.25, 0.3) is 0 Å². The van der Waals surface area contributed by atoms with Crippen LogP contribution in [-0.2, 0) is 4.74 Å². The van der Waals surface area contributed by atoms with E-state index in [4.69, 9.17) is 4.74 Å². The van der Waals surface area contributed by atoms with Gasteiger partial charge in [0.05, 0.1) is 6.61 Å². The largest absolute Gasteiger partial charge is 0.449 e. The molecule has 0 bridgehead atoms. The van der Waals surface area contributed by atoms with Crippen LogP contribution >= 0.6 is 0 Å². The van der Waals surface area contributed by atoms with Crippen LogP contribution in [-0.4, -0.2) is 43.3 Å². The van der Waals surface area contributed by atoms with Gasteiger partial charge in [-0.1, -0.05) is 13.8 Å². The molecule has 1 fully saturated rings. The first kappa shape index (κ1) is 12.3. The van der Waals surface area contributed by atoms with E-state index in [1.165, 1.54) is 0 Å². The Balaban J connectivity index is 1.97. The van der Waals surface area contributed by atoms with Crippen molar-refractivity contribution < 1.29 is 9.53 Å². The number of likely N-dealkylation sites (tertiary alicyclic amines) is 1. The van der Waals surface area contributed by atoms with Crippen molar-refractivity contribution >= 4 is 6.09 Å². The second-order valence-corrected chi connectivity index (χ2v) is 4.27. The molecule has 1 rings (SSSR count). The third-order valence-electron chi connectivity index (χ3n) is 2.46. The molecule has 15 heavy (non-hydrogen) atoms. The second kappa shape index (κ2) is 6.67. The fraction of sp³-hybridized carbons (Fsp3) is 0.909. The van der Waals surface area contributed by atoms with Crippen LogP contribution in [0.15, 0.2) is 0 Å². The fourth-order valence-corrected chi connectivity index (χ4v) is 1.61. The van der Waals surface area contributed by atoms with Crippen molar-refractivity contribution in [3.63, 3.8) is 0 Å². The SMILES string of the molecule is CC(C)NCCCOC(=O)N1CCCC1. The van der Waals surface area contributed by atoms with Crippen molar-refractivity contribution in [1.29, 1.82) is 0 Å². The molecular formula is C11H22N2O2. The number of amides is 1. The Morgan fingerprint density at radius 1 is 1.40 bits per heavy atom. The van der Waals surface area contributed by atoms with Gasteiger partial charge in [0.15, 0.2) is 0 Å². The van der Waals surface area contributed by atoms with Gasteiger partial charge in [-0.05, 0) is 25.8 Å². The molecule has 0 aromatic rings. The van der Waals surface area contributed by atoms with Crippen molar-refractivity contribution in [2.75, 3.05) is 26.2 Å². The lowest BCUT2D eigenvalue weighted by molar-refractivity contribution is 0.109. The van der Waals surface area contributed by atoms with Crippen LogP contribution < -0.4 is 5.32 Å². The highest BCUT2D eigenvalue weighted by molar-refractivity contribution is 5.67. The van der Waals surface area contributed by atoms with E-state index in [0.29, 0.717) is 12.6 Å². The average molecular weight is 214 g/mol. The summed E-state index contributed by atoms with van der Waals surface area (Å²) in [6, 6.07) is 0.499. The number of ether oxygens (including phenoxy) is 1. The van der Waals surface area contributed by atoms with Crippen LogP contribution in [0.2, 0.25) is 0 Å². The van der Waals surface area contributed by atoms with E-state index in [0.717, 1.165) is 38.9 Å². The maximum absolute atomic E-state index is 11.4. The molecule has 1 saturated heterocycles. The zero-order valence-electron chi connectivity index (χ0n) is 9.79. The smallest absolute Gasteiger partial charge is 0.409 e. The molecule has 0 spiro atoms. The van der Waals surface area contributed by atoms with E-state index >= 15 is 0 Å². The van der Waals surface area contributed by atoms with E-state index in [1.54, 1.807) is 4.90 Å². The van der Waals surface area contributed by atoms with Gasteiger partial charge in [-0.15, -0.1) is 0 Å². The Kier molecular flexibility index (Phi) is 5.47. The zero-order chi connectivity index (χ0) is 11.1. The molecule has 4 heteroatoms. The lowest BCUT2D eigenvalue weighted by Gasteiger charge is -2.15. The number of nitrogens with zero attached hydrogens (tertiary/aromatic N) is 1. The quantitative estimate of drug-likeness (QED) is 0.707. The summed E-state index contributed by atoms with van der Waals surface area (Å²) in [4.78, 5) is 13.2. The highest BCUT2D eigenvalue weighted by Gasteiger charge is 2.18. The number of rotatable bonds is 5. The molecule has 0 unspecified atom stereocenters. The monoisotopic (exact) mass is 214 g/mol. The summed E-state index contributed by atoms with van der Waals surface area (Å²) >= 11 is 0. The highest BCUT2D eigenvalue weighted by Crippen LogP contribution is 2.08. The Morgan fingerprint density at radius 2 is 2.07 bits per heavy atom. The third-order valence-corrected chi connectivity index (χ3v) is 2.46. The standard InChI is InChI=1S/C11H22N2O2/c1-10(2)12-6-5-9-15-11(14)13-7-3-4-8-13/h10,12H,3-9H2,1-2H3. The van der Waals surface area contributed by atoms with E-state index in [2.05, 4.69) is 19.2 Å². The minimum Gasteiger partial charge on any atom is -0.449 e. The van der Waals surface area contributed by atoms with Crippen LogP contribution in [0, 0.1) is 0 Å². The summed E-state index contributed by atoms with van der Waals surface area (Å²) in [5.74, 6) is 0. The Hall–Kier alpha value is -0.770. The Morgan fingerprint density at radius 3 is 2.67 bits per heavy atom. The molecular weight excluding hydrogens is 192 g/mol. The van der Waals surface area contributed by atoms with Crippen molar-refractivity contribution in [3.8, 4) is 0 Å². The van der Waals surface area contributed by atoms with Crippen molar-refractivity contribution in [1.82, 2.24) is 10.2 Å². The number of hydrogen-bond acceptors (Lipinski definition) is 3. The van der Waals surface area contributed by atoms with E-state index < -0.39 is 0 Å². The molecule has 4 nitrogen and oxygen atoms in total. The lowest BCUT2D eigenvalue weighted by Crippen LogP contribution is -2.30. The number of carbonyl (C=O) groups excluding carboxylic acids is 1. The number of hydrogen-bond donors (Lipinski definition) is 1. The fourth-order valence-electron chi connectivity index (χ4n) is 1.61. The summed E-state index contributed by atoms with van der Waals surface area (Å²) in [6.45, 7) is 7.37. The van der Waals surface area contributed by atoms with E-state index in [9.17, 15) is 4.79 Å².